The van der Waals surface area contributed by atoms with E-state index in [1.165, 1.54) is 12.1 Å². The minimum atomic E-state index is -4.39. The minimum absolute atomic E-state index is 0.188. The zero-order valence-corrected chi connectivity index (χ0v) is 21.8. The fourth-order valence-corrected chi connectivity index (χ4v) is 5.36. The summed E-state index contributed by atoms with van der Waals surface area (Å²) in [5, 5.41) is 15.6. The number of alkyl halides is 3. The number of β-amino-alcohol motifs (C(OH)–C–C–N with tert-alkyl or cyclic N) is 1. The van der Waals surface area contributed by atoms with Crippen LogP contribution in [0.2, 0.25) is 0 Å². The molecule has 12 heteroatoms. The first-order valence-electron chi connectivity index (χ1n) is 12.3. The zero-order valence-electron chi connectivity index (χ0n) is 21.0. The van der Waals surface area contributed by atoms with Gasteiger partial charge < -0.3 is 14.4 Å². The Morgan fingerprint density at radius 2 is 1.95 bits per heavy atom. The summed E-state index contributed by atoms with van der Waals surface area (Å²) in [5.74, 6) is 1.35. The molecule has 4 aromatic rings. The number of hydrogen-bond acceptors (Lipinski definition) is 9. The normalized spacial score (nSPS) is 18.2. The van der Waals surface area contributed by atoms with Crippen molar-refractivity contribution in [3.05, 3.63) is 58.9 Å². The zero-order chi connectivity index (χ0) is 26.9. The molecule has 3 heterocycles. The monoisotopic (exact) mass is 547 g/mol. The Bertz CT molecular complexity index is 1370. The van der Waals surface area contributed by atoms with Gasteiger partial charge in [-0.25, -0.2) is 4.98 Å². The van der Waals surface area contributed by atoms with Crippen LogP contribution in [0.1, 0.15) is 23.3 Å². The highest BCUT2D eigenvalue weighted by Crippen LogP contribution is 2.31. The van der Waals surface area contributed by atoms with Gasteiger partial charge in [0.2, 0.25) is 0 Å². The van der Waals surface area contributed by atoms with Crippen molar-refractivity contribution in [1.29, 1.82) is 0 Å². The number of thiazole rings is 1. The molecule has 0 aliphatic carbocycles. The van der Waals surface area contributed by atoms with E-state index >= 15 is 0 Å². The summed E-state index contributed by atoms with van der Waals surface area (Å²) in [6.07, 6.45) is -5.03. The maximum Gasteiger partial charge on any atom is 0.416 e. The molecule has 2 atom stereocenters. The molecule has 1 N–H and O–H groups in total. The molecule has 1 fully saturated rings. The van der Waals surface area contributed by atoms with Gasteiger partial charge in [0.25, 0.3) is 5.89 Å². The lowest BCUT2D eigenvalue weighted by Crippen LogP contribution is -2.53. The van der Waals surface area contributed by atoms with E-state index in [1.54, 1.807) is 11.3 Å². The third-order valence-electron chi connectivity index (χ3n) is 6.50. The summed E-state index contributed by atoms with van der Waals surface area (Å²) >= 11 is 1.64. The Labute approximate surface area is 221 Å². The van der Waals surface area contributed by atoms with Crippen LogP contribution in [0, 0.1) is 6.92 Å². The van der Waals surface area contributed by atoms with Crippen molar-refractivity contribution in [1.82, 2.24) is 24.9 Å². The van der Waals surface area contributed by atoms with E-state index in [9.17, 15) is 18.3 Å². The fourth-order valence-electron chi connectivity index (χ4n) is 4.55. The molecule has 0 unspecified atom stereocenters. The molecule has 0 amide bonds. The highest BCUT2D eigenvalue weighted by atomic mass is 32.1. The molecule has 0 saturated carbocycles. The molecule has 0 spiro atoms. The maximum atomic E-state index is 12.8. The predicted octanol–water partition coefficient (Wildman–Crippen LogP) is 4.62. The predicted molar refractivity (Wildman–Crippen MR) is 137 cm³/mol. The Morgan fingerprint density at radius 1 is 1.16 bits per heavy atom. The van der Waals surface area contributed by atoms with Gasteiger partial charge in [0.05, 0.1) is 27.3 Å². The van der Waals surface area contributed by atoms with E-state index in [0.29, 0.717) is 30.2 Å². The van der Waals surface area contributed by atoms with Crippen molar-refractivity contribution in [3.63, 3.8) is 0 Å². The van der Waals surface area contributed by atoms with Gasteiger partial charge >= 0.3 is 6.18 Å². The van der Waals surface area contributed by atoms with Gasteiger partial charge in [-0.3, -0.25) is 9.80 Å². The summed E-state index contributed by atoms with van der Waals surface area (Å²) in [6, 6.07) is 10.6. The molecule has 1 aliphatic heterocycles. The highest BCUT2D eigenvalue weighted by molar-refractivity contribution is 7.18. The van der Waals surface area contributed by atoms with Crippen LogP contribution in [0.15, 0.2) is 47.0 Å². The standard InChI is InChI=1S/C26H28F3N5O3S/c1-16-12-33(14-24-31-25(37-32-24)18-3-5-19(6-4-18)26(27,28)29)9-10-34(16)13-20(35)15-36-21-7-8-23-22(11-21)30-17(2)38-23/h3-8,11,16,20,35H,9-10,12-15H2,1-2H3/t16-,20-/m0/s1. The molecule has 2 aromatic carbocycles. The van der Waals surface area contributed by atoms with E-state index in [2.05, 4.69) is 31.8 Å². The second-order valence-electron chi connectivity index (χ2n) is 9.50. The van der Waals surface area contributed by atoms with Gasteiger partial charge in [0.1, 0.15) is 18.5 Å². The van der Waals surface area contributed by atoms with Gasteiger partial charge in [-0.15, -0.1) is 11.3 Å². The number of benzene rings is 2. The summed E-state index contributed by atoms with van der Waals surface area (Å²) < 4.78 is 50.6. The topological polar surface area (TPSA) is 87.8 Å². The maximum absolute atomic E-state index is 12.8. The Balaban J connectivity index is 1.09. The summed E-state index contributed by atoms with van der Waals surface area (Å²) in [6.45, 7) is 7.48. The third kappa shape index (κ3) is 6.32. The van der Waals surface area contributed by atoms with E-state index in [-0.39, 0.29) is 18.5 Å². The van der Waals surface area contributed by atoms with Gasteiger partial charge in [-0.05, 0) is 50.2 Å². The van der Waals surface area contributed by atoms with Gasteiger partial charge in [-0.2, -0.15) is 18.2 Å². The molecular formula is C26H28F3N5O3S. The molecular weight excluding hydrogens is 519 g/mol. The van der Waals surface area contributed by atoms with Gasteiger partial charge in [0.15, 0.2) is 5.82 Å². The summed E-state index contributed by atoms with van der Waals surface area (Å²) in [7, 11) is 0. The van der Waals surface area contributed by atoms with Gasteiger partial charge in [0, 0.05) is 43.9 Å². The van der Waals surface area contributed by atoms with Crippen LogP contribution in [-0.4, -0.2) is 75.0 Å². The number of aryl methyl sites for hydroxylation is 1. The first-order valence-corrected chi connectivity index (χ1v) is 13.1. The van der Waals surface area contributed by atoms with Crippen molar-refractivity contribution in [2.24, 2.45) is 0 Å². The number of rotatable bonds is 8. The molecule has 8 nitrogen and oxygen atoms in total. The largest absolute Gasteiger partial charge is 0.491 e. The van der Waals surface area contributed by atoms with E-state index < -0.39 is 17.8 Å². The smallest absolute Gasteiger partial charge is 0.416 e. The molecule has 1 aliphatic rings. The Kier molecular flexibility index (Phi) is 7.66. The van der Waals surface area contributed by atoms with E-state index in [4.69, 9.17) is 9.26 Å². The fraction of sp³-hybridized carbons (Fsp3) is 0.423. The molecule has 2 aromatic heterocycles. The number of piperazine rings is 1. The first kappa shape index (κ1) is 26.5. The molecule has 0 radical (unpaired) electrons. The Morgan fingerprint density at radius 3 is 2.68 bits per heavy atom. The van der Waals surface area contributed by atoms with Crippen LogP contribution < -0.4 is 4.74 Å². The average molecular weight is 548 g/mol. The van der Waals surface area contributed by atoms with Crippen LogP contribution in [0.5, 0.6) is 5.75 Å². The second kappa shape index (κ2) is 11.0. The number of aliphatic hydroxyl groups excluding tert-OH is 1. The first-order chi connectivity index (χ1) is 18.1. The summed E-state index contributed by atoms with van der Waals surface area (Å²) in [4.78, 5) is 13.3. The molecule has 1 saturated heterocycles. The number of halogens is 3. The molecule has 0 bridgehead atoms. The lowest BCUT2D eigenvalue weighted by atomic mass is 10.1. The van der Waals surface area contributed by atoms with Crippen molar-refractivity contribution < 1.29 is 27.5 Å². The van der Waals surface area contributed by atoms with E-state index in [1.807, 2.05) is 25.1 Å². The molecule has 5 rings (SSSR count). The number of fused-ring (bicyclic) bond motifs is 1. The van der Waals surface area contributed by atoms with Crippen molar-refractivity contribution in [2.75, 3.05) is 32.8 Å². The highest BCUT2D eigenvalue weighted by Gasteiger charge is 2.30. The molecule has 202 valence electrons. The van der Waals surface area contributed by atoms with Crippen LogP contribution in [0.25, 0.3) is 21.7 Å². The molecule has 38 heavy (non-hydrogen) atoms. The van der Waals surface area contributed by atoms with Crippen molar-refractivity contribution >= 4 is 21.6 Å². The van der Waals surface area contributed by atoms with Crippen LogP contribution in [0.3, 0.4) is 0 Å². The average Bonchev–Trinajstić information content (AvgIpc) is 3.49. The number of nitrogens with zero attached hydrogens (tertiary/aromatic N) is 5. The van der Waals surface area contributed by atoms with Crippen LogP contribution in [0.4, 0.5) is 13.2 Å². The van der Waals surface area contributed by atoms with Crippen LogP contribution >= 0.6 is 11.3 Å². The number of aromatic nitrogens is 3. The van der Waals surface area contributed by atoms with Gasteiger partial charge in [-0.1, -0.05) is 5.16 Å². The second-order valence-corrected chi connectivity index (χ2v) is 10.7. The lowest BCUT2D eigenvalue weighted by Gasteiger charge is -2.40. The third-order valence-corrected chi connectivity index (χ3v) is 7.45. The number of hydrogen-bond donors (Lipinski definition) is 1. The lowest BCUT2D eigenvalue weighted by molar-refractivity contribution is -0.137. The Hall–Kier alpha value is -3.06. The SMILES string of the molecule is Cc1nc2cc(OC[C@@H](O)CN3CCN(Cc4noc(-c5ccc(C(F)(F)F)cc5)n4)C[C@@H]3C)ccc2s1. The number of ether oxygens (including phenoxy) is 1. The van der Waals surface area contributed by atoms with E-state index in [0.717, 1.165) is 47.0 Å². The number of aliphatic hydroxyl groups is 1. The van der Waals surface area contributed by atoms with Crippen molar-refractivity contribution in [3.8, 4) is 17.2 Å². The van der Waals surface area contributed by atoms with Crippen molar-refractivity contribution in [2.45, 2.75) is 38.7 Å². The summed E-state index contributed by atoms with van der Waals surface area (Å²) in [5.41, 5.74) is 0.613. The van der Waals surface area contributed by atoms with Crippen LogP contribution in [-0.2, 0) is 12.7 Å². The minimum Gasteiger partial charge on any atom is -0.491 e. The quantitative estimate of drug-likeness (QED) is 0.342.